The highest BCUT2D eigenvalue weighted by Crippen LogP contribution is 2.22. The quantitative estimate of drug-likeness (QED) is 0.921. The molecule has 0 amide bonds. The highest BCUT2D eigenvalue weighted by Gasteiger charge is 2.18. The Kier molecular flexibility index (Phi) is 4.36. The molecule has 1 saturated heterocycles. The molecular weight excluding hydrogens is 330 g/mol. The molecule has 0 saturated carbocycles. The molecule has 3 rings (SSSR count). The number of halogens is 1. The predicted octanol–water partition coefficient (Wildman–Crippen LogP) is 2.14. The first kappa shape index (κ1) is 14.3. The van der Waals surface area contributed by atoms with Crippen LogP contribution in [0.3, 0.4) is 0 Å². The summed E-state index contributed by atoms with van der Waals surface area (Å²) in [6.45, 7) is 4.88. The Morgan fingerprint density at radius 1 is 1.10 bits per heavy atom. The lowest BCUT2D eigenvalue weighted by Crippen LogP contribution is -2.46. The number of pyridine rings is 2. The summed E-state index contributed by atoms with van der Waals surface area (Å²) in [5.74, 6) is 0. The molecule has 110 valence electrons. The van der Waals surface area contributed by atoms with Gasteiger partial charge in [0.1, 0.15) is 0 Å². The minimum atomic E-state index is 0.750. The second kappa shape index (κ2) is 6.41. The minimum absolute atomic E-state index is 0.750. The summed E-state index contributed by atoms with van der Waals surface area (Å²) >= 11 is 3.41. The Hall–Kier alpha value is -1.66. The molecule has 21 heavy (non-hydrogen) atoms. The van der Waals surface area contributed by atoms with Crippen LogP contribution in [-0.4, -0.2) is 41.0 Å². The maximum absolute atomic E-state index is 5.99. The van der Waals surface area contributed by atoms with E-state index in [1.54, 1.807) is 12.4 Å². The van der Waals surface area contributed by atoms with Gasteiger partial charge in [0.25, 0.3) is 0 Å². The van der Waals surface area contributed by atoms with Crippen LogP contribution in [0.1, 0.15) is 5.69 Å². The standard InChI is InChI=1S/C15H18BrN5/c16-12-1-2-13(19-9-12)11-20-5-7-21(8-6-20)15-3-4-18-10-14(15)17/h1-4,9-10H,5-8,11,17H2. The van der Waals surface area contributed by atoms with Crippen molar-refractivity contribution in [2.24, 2.45) is 0 Å². The normalized spacial score (nSPS) is 16.1. The molecular formula is C15H18BrN5. The van der Waals surface area contributed by atoms with Crippen molar-refractivity contribution in [2.75, 3.05) is 36.8 Å². The largest absolute Gasteiger partial charge is 0.396 e. The fourth-order valence-electron chi connectivity index (χ4n) is 2.56. The molecule has 0 spiro atoms. The zero-order chi connectivity index (χ0) is 14.7. The average molecular weight is 348 g/mol. The lowest BCUT2D eigenvalue weighted by atomic mass is 10.2. The number of piperazine rings is 1. The fraction of sp³-hybridized carbons (Fsp3) is 0.333. The highest BCUT2D eigenvalue weighted by molar-refractivity contribution is 9.10. The topological polar surface area (TPSA) is 58.3 Å². The van der Waals surface area contributed by atoms with Crippen LogP contribution < -0.4 is 10.6 Å². The van der Waals surface area contributed by atoms with E-state index < -0.39 is 0 Å². The molecule has 0 radical (unpaired) electrons. The van der Waals surface area contributed by atoms with Crippen molar-refractivity contribution in [2.45, 2.75) is 6.54 Å². The van der Waals surface area contributed by atoms with E-state index in [1.165, 1.54) is 0 Å². The summed E-state index contributed by atoms with van der Waals surface area (Å²) in [5.41, 5.74) is 8.94. The number of nitrogens with two attached hydrogens (primary N) is 1. The third-order valence-corrected chi connectivity index (χ3v) is 4.18. The van der Waals surface area contributed by atoms with Gasteiger partial charge >= 0.3 is 0 Å². The Morgan fingerprint density at radius 2 is 1.90 bits per heavy atom. The number of aromatic nitrogens is 2. The molecule has 0 unspecified atom stereocenters. The van der Waals surface area contributed by atoms with Crippen molar-refractivity contribution in [3.05, 3.63) is 47.0 Å². The zero-order valence-electron chi connectivity index (χ0n) is 11.7. The molecule has 0 atom stereocenters. The molecule has 0 aromatic carbocycles. The van der Waals surface area contributed by atoms with E-state index in [0.717, 1.165) is 54.3 Å². The van der Waals surface area contributed by atoms with Gasteiger partial charge in [-0.2, -0.15) is 0 Å². The van der Waals surface area contributed by atoms with Gasteiger partial charge in [-0.1, -0.05) is 0 Å². The summed E-state index contributed by atoms with van der Waals surface area (Å²) < 4.78 is 1.02. The summed E-state index contributed by atoms with van der Waals surface area (Å²) in [5, 5.41) is 0. The number of anilines is 2. The molecule has 1 aliphatic heterocycles. The number of nitrogen functional groups attached to an aromatic ring is 1. The first-order valence-electron chi connectivity index (χ1n) is 6.99. The molecule has 5 nitrogen and oxygen atoms in total. The molecule has 2 N–H and O–H groups in total. The van der Waals surface area contributed by atoms with E-state index in [-0.39, 0.29) is 0 Å². The van der Waals surface area contributed by atoms with Gasteiger partial charge in [0.05, 0.1) is 23.3 Å². The van der Waals surface area contributed by atoms with Crippen LogP contribution in [-0.2, 0) is 6.54 Å². The predicted molar refractivity (Wildman–Crippen MR) is 88.1 cm³/mol. The molecule has 2 aromatic rings. The van der Waals surface area contributed by atoms with Gasteiger partial charge < -0.3 is 10.6 Å². The Labute approximate surface area is 132 Å². The van der Waals surface area contributed by atoms with Gasteiger partial charge in [-0.05, 0) is 34.1 Å². The second-order valence-electron chi connectivity index (χ2n) is 5.17. The lowest BCUT2D eigenvalue weighted by molar-refractivity contribution is 0.247. The van der Waals surface area contributed by atoms with Crippen molar-refractivity contribution in [1.29, 1.82) is 0 Å². The van der Waals surface area contributed by atoms with Crippen LogP contribution in [0.4, 0.5) is 11.4 Å². The molecule has 1 fully saturated rings. The molecule has 0 aliphatic carbocycles. The molecule has 0 bridgehead atoms. The molecule has 6 heteroatoms. The SMILES string of the molecule is Nc1cnccc1N1CCN(Cc2ccc(Br)cn2)CC1. The van der Waals surface area contributed by atoms with Crippen LogP contribution >= 0.6 is 15.9 Å². The van der Waals surface area contributed by atoms with Crippen LogP contribution in [0.15, 0.2) is 41.3 Å². The van der Waals surface area contributed by atoms with Gasteiger partial charge in [-0.25, -0.2) is 0 Å². The molecule has 1 aliphatic rings. The summed E-state index contributed by atoms with van der Waals surface area (Å²) in [4.78, 5) is 13.2. The van der Waals surface area contributed by atoms with Gasteiger partial charge in [0, 0.05) is 49.6 Å². The summed E-state index contributed by atoms with van der Waals surface area (Å²) in [6, 6.07) is 6.09. The monoisotopic (exact) mass is 347 g/mol. The van der Waals surface area contributed by atoms with Crippen molar-refractivity contribution in [1.82, 2.24) is 14.9 Å². The number of nitrogens with zero attached hydrogens (tertiary/aromatic N) is 4. The summed E-state index contributed by atoms with van der Waals surface area (Å²) in [6.07, 6.45) is 5.36. The number of hydrogen-bond donors (Lipinski definition) is 1. The van der Waals surface area contributed by atoms with Gasteiger partial charge in [-0.15, -0.1) is 0 Å². The first-order chi connectivity index (χ1) is 10.2. The van der Waals surface area contributed by atoms with Crippen molar-refractivity contribution >= 4 is 27.3 Å². The van der Waals surface area contributed by atoms with Crippen molar-refractivity contribution in [3.63, 3.8) is 0 Å². The minimum Gasteiger partial charge on any atom is -0.396 e. The van der Waals surface area contributed by atoms with Crippen LogP contribution in [0.25, 0.3) is 0 Å². The fourth-order valence-corrected chi connectivity index (χ4v) is 2.80. The highest BCUT2D eigenvalue weighted by atomic mass is 79.9. The van der Waals surface area contributed by atoms with Crippen molar-refractivity contribution in [3.8, 4) is 0 Å². The van der Waals surface area contributed by atoms with Crippen LogP contribution in [0.5, 0.6) is 0 Å². The second-order valence-corrected chi connectivity index (χ2v) is 6.08. The Bertz CT molecular complexity index is 593. The van der Waals surface area contributed by atoms with Gasteiger partial charge in [0.15, 0.2) is 0 Å². The average Bonchev–Trinajstić information content (AvgIpc) is 2.51. The van der Waals surface area contributed by atoms with Crippen molar-refractivity contribution < 1.29 is 0 Å². The number of rotatable bonds is 3. The van der Waals surface area contributed by atoms with E-state index >= 15 is 0 Å². The Balaban J connectivity index is 1.58. The molecule has 2 aromatic heterocycles. The van der Waals surface area contributed by atoms with E-state index in [2.05, 4.69) is 41.8 Å². The third kappa shape index (κ3) is 3.51. The van der Waals surface area contributed by atoms with E-state index in [4.69, 9.17) is 5.73 Å². The summed E-state index contributed by atoms with van der Waals surface area (Å²) in [7, 11) is 0. The Morgan fingerprint density at radius 3 is 2.57 bits per heavy atom. The smallest absolute Gasteiger partial charge is 0.0738 e. The first-order valence-corrected chi connectivity index (χ1v) is 7.79. The van der Waals surface area contributed by atoms with Crippen LogP contribution in [0.2, 0.25) is 0 Å². The zero-order valence-corrected chi connectivity index (χ0v) is 13.3. The van der Waals surface area contributed by atoms with E-state index in [9.17, 15) is 0 Å². The van der Waals surface area contributed by atoms with Gasteiger partial charge in [0.2, 0.25) is 0 Å². The molecule has 3 heterocycles. The van der Waals surface area contributed by atoms with Gasteiger partial charge in [-0.3, -0.25) is 14.9 Å². The van der Waals surface area contributed by atoms with E-state index in [1.807, 2.05) is 18.3 Å². The maximum atomic E-state index is 5.99. The van der Waals surface area contributed by atoms with Crippen LogP contribution in [0, 0.1) is 0 Å². The maximum Gasteiger partial charge on any atom is 0.0738 e. The lowest BCUT2D eigenvalue weighted by Gasteiger charge is -2.36. The van der Waals surface area contributed by atoms with E-state index in [0.29, 0.717) is 0 Å². The number of hydrogen-bond acceptors (Lipinski definition) is 5. The third-order valence-electron chi connectivity index (χ3n) is 3.72.